The molecule has 3 rings (SSSR count). The number of nitrogens with one attached hydrogen (secondary N) is 1. The minimum atomic E-state index is -0.337. The SMILES string of the molecule is O=C(C1CCCN1C(=O)c1cncnc1)N1CCNCC1. The largest absolute Gasteiger partial charge is 0.338 e. The van der Waals surface area contributed by atoms with Crippen LogP contribution in [0.25, 0.3) is 0 Å². The number of carbonyl (C=O) groups is 2. The Balaban J connectivity index is 1.73. The van der Waals surface area contributed by atoms with Crippen molar-refractivity contribution in [1.82, 2.24) is 25.1 Å². The smallest absolute Gasteiger partial charge is 0.257 e. The number of rotatable bonds is 2. The molecule has 1 unspecified atom stereocenters. The molecule has 1 aromatic rings. The minimum Gasteiger partial charge on any atom is -0.338 e. The van der Waals surface area contributed by atoms with Crippen LogP contribution < -0.4 is 5.32 Å². The van der Waals surface area contributed by atoms with Gasteiger partial charge in [-0.3, -0.25) is 9.59 Å². The summed E-state index contributed by atoms with van der Waals surface area (Å²) in [4.78, 5) is 36.4. The molecule has 0 aliphatic carbocycles. The molecule has 7 heteroatoms. The summed E-state index contributed by atoms with van der Waals surface area (Å²) in [5, 5.41) is 3.23. The van der Waals surface area contributed by atoms with Crippen molar-refractivity contribution in [3.05, 3.63) is 24.3 Å². The summed E-state index contributed by atoms with van der Waals surface area (Å²) in [6.07, 6.45) is 5.99. The van der Waals surface area contributed by atoms with E-state index in [4.69, 9.17) is 0 Å². The van der Waals surface area contributed by atoms with Gasteiger partial charge in [0.2, 0.25) is 5.91 Å². The number of hydrogen-bond donors (Lipinski definition) is 1. The van der Waals surface area contributed by atoms with Crippen LogP contribution in [0.1, 0.15) is 23.2 Å². The first-order valence-electron chi connectivity index (χ1n) is 7.33. The molecule has 2 saturated heterocycles. The van der Waals surface area contributed by atoms with Crippen molar-refractivity contribution in [2.75, 3.05) is 32.7 Å². The van der Waals surface area contributed by atoms with Crippen molar-refractivity contribution in [3.63, 3.8) is 0 Å². The molecule has 0 aromatic carbocycles. The van der Waals surface area contributed by atoms with E-state index in [2.05, 4.69) is 15.3 Å². The van der Waals surface area contributed by atoms with Gasteiger partial charge in [-0.1, -0.05) is 0 Å². The maximum absolute atomic E-state index is 12.6. The summed E-state index contributed by atoms with van der Waals surface area (Å²) in [7, 11) is 0. The Bertz CT molecular complexity index is 515. The molecule has 21 heavy (non-hydrogen) atoms. The molecular weight excluding hydrogens is 270 g/mol. The Morgan fingerprint density at radius 1 is 1.14 bits per heavy atom. The highest BCUT2D eigenvalue weighted by Crippen LogP contribution is 2.21. The summed E-state index contributed by atoms with van der Waals surface area (Å²) < 4.78 is 0. The summed E-state index contributed by atoms with van der Waals surface area (Å²) in [5.41, 5.74) is 0.442. The first-order chi connectivity index (χ1) is 10.3. The lowest BCUT2D eigenvalue weighted by atomic mass is 10.1. The first kappa shape index (κ1) is 13.9. The fourth-order valence-corrected chi connectivity index (χ4v) is 2.94. The van der Waals surface area contributed by atoms with E-state index in [0.717, 1.165) is 25.9 Å². The summed E-state index contributed by atoms with van der Waals surface area (Å²) in [6.45, 7) is 3.69. The van der Waals surface area contributed by atoms with Crippen LogP contribution >= 0.6 is 0 Å². The molecule has 1 N–H and O–H groups in total. The predicted octanol–water partition coefficient (Wildman–Crippen LogP) is -0.487. The third kappa shape index (κ3) is 2.87. The molecule has 7 nitrogen and oxygen atoms in total. The highest BCUT2D eigenvalue weighted by Gasteiger charge is 2.37. The van der Waals surface area contributed by atoms with Crippen LogP contribution in [0, 0.1) is 0 Å². The fraction of sp³-hybridized carbons (Fsp3) is 0.571. The van der Waals surface area contributed by atoms with Crippen molar-refractivity contribution < 1.29 is 9.59 Å². The van der Waals surface area contributed by atoms with Crippen molar-refractivity contribution in [3.8, 4) is 0 Å². The van der Waals surface area contributed by atoms with Crippen LogP contribution in [-0.4, -0.2) is 70.3 Å². The van der Waals surface area contributed by atoms with Gasteiger partial charge in [-0.05, 0) is 12.8 Å². The van der Waals surface area contributed by atoms with Gasteiger partial charge in [0.25, 0.3) is 5.91 Å². The number of aromatic nitrogens is 2. The van der Waals surface area contributed by atoms with E-state index < -0.39 is 0 Å². The topological polar surface area (TPSA) is 78.4 Å². The highest BCUT2D eigenvalue weighted by atomic mass is 16.2. The summed E-state index contributed by atoms with van der Waals surface area (Å²) in [6, 6.07) is -0.337. The van der Waals surface area contributed by atoms with Gasteiger partial charge >= 0.3 is 0 Å². The Labute approximate surface area is 123 Å². The lowest BCUT2D eigenvalue weighted by Crippen LogP contribution is -2.53. The maximum atomic E-state index is 12.6. The molecule has 1 atom stereocenters. The zero-order valence-corrected chi connectivity index (χ0v) is 11.9. The number of piperazine rings is 1. The van der Waals surface area contributed by atoms with E-state index in [1.807, 2.05) is 4.90 Å². The van der Waals surface area contributed by atoms with E-state index >= 15 is 0 Å². The lowest BCUT2D eigenvalue weighted by molar-refractivity contribution is -0.135. The third-order valence-corrected chi connectivity index (χ3v) is 4.03. The monoisotopic (exact) mass is 289 g/mol. The molecule has 0 spiro atoms. The van der Waals surface area contributed by atoms with Crippen LogP contribution in [0.5, 0.6) is 0 Å². The van der Waals surface area contributed by atoms with E-state index in [1.165, 1.54) is 18.7 Å². The maximum Gasteiger partial charge on any atom is 0.257 e. The molecule has 2 amide bonds. The number of likely N-dealkylation sites (tertiary alicyclic amines) is 1. The molecule has 0 saturated carbocycles. The fourth-order valence-electron chi connectivity index (χ4n) is 2.94. The number of amides is 2. The number of nitrogens with zero attached hydrogens (tertiary/aromatic N) is 4. The van der Waals surface area contributed by atoms with Crippen LogP contribution in [0.15, 0.2) is 18.7 Å². The predicted molar refractivity (Wildman–Crippen MR) is 75.5 cm³/mol. The zero-order chi connectivity index (χ0) is 14.7. The van der Waals surface area contributed by atoms with Gasteiger partial charge in [-0.25, -0.2) is 9.97 Å². The first-order valence-corrected chi connectivity index (χ1v) is 7.33. The third-order valence-electron chi connectivity index (χ3n) is 4.03. The minimum absolute atomic E-state index is 0.0687. The Morgan fingerprint density at radius 2 is 1.86 bits per heavy atom. The Morgan fingerprint density at radius 3 is 2.57 bits per heavy atom. The molecule has 2 aliphatic heterocycles. The molecule has 3 heterocycles. The molecule has 2 fully saturated rings. The van der Waals surface area contributed by atoms with Gasteiger partial charge in [0.05, 0.1) is 5.56 Å². The van der Waals surface area contributed by atoms with Gasteiger partial charge in [-0.15, -0.1) is 0 Å². The number of carbonyl (C=O) groups excluding carboxylic acids is 2. The second kappa shape index (κ2) is 6.17. The molecule has 0 radical (unpaired) electrons. The van der Waals surface area contributed by atoms with Gasteiger partial charge in [0.15, 0.2) is 0 Å². The van der Waals surface area contributed by atoms with Gasteiger partial charge < -0.3 is 15.1 Å². The second-order valence-electron chi connectivity index (χ2n) is 5.36. The quantitative estimate of drug-likeness (QED) is 0.795. The van der Waals surface area contributed by atoms with Crippen LogP contribution in [0.3, 0.4) is 0 Å². The van der Waals surface area contributed by atoms with Crippen molar-refractivity contribution in [2.24, 2.45) is 0 Å². The van der Waals surface area contributed by atoms with Crippen LogP contribution in [0.4, 0.5) is 0 Å². The van der Waals surface area contributed by atoms with Gasteiger partial charge in [0, 0.05) is 45.1 Å². The molecule has 1 aromatic heterocycles. The van der Waals surface area contributed by atoms with Gasteiger partial charge in [0.1, 0.15) is 12.4 Å². The van der Waals surface area contributed by atoms with E-state index in [0.29, 0.717) is 25.2 Å². The molecule has 0 bridgehead atoms. The molecule has 2 aliphatic rings. The van der Waals surface area contributed by atoms with Crippen molar-refractivity contribution >= 4 is 11.8 Å². The molecular formula is C14H19N5O2. The average molecular weight is 289 g/mol. The lowest BCUT2D eigenvalue weighted by Gasteiger charge is -2.32. The Kier molecular flexibility index (Phi) is 4.10. The highest BCUT2D eigenvalue weighted by molar-refractivity contribution is 5.97. The van der Waals surface area contributed by atoms with Crippen molar-refractivity contribution in [1.29, 1.82) is 0 Å². The standard InChI is InChI=1S/C14H19N5O2/c20-13(11-8-16-10-17-9-11)19-5-1-2-12(19)14(21)18-6-3-15-4-7-18/h8-10,12,15H,1-7H2. The summed E-state index contributed by atoms with van der Waals surface area (Å²) >= 11 is 0. The van der Waals surface area contributed by atoms with E-state index in [9.17, 15) is 9.59 Å². The number of hydrogen-bond acceptors (Lipinski definition) is 5. The summed E-state index contributed by atoms with van der Waals surface area (Å²) in [5.74, 6) is -0.0826. The van der Waals surface area contributed by atoms with Crippen molar-refractivity contribution in [2.45, 2.75) is 18.9 Å². The second-order valence-corrected chi connectivity index (χ2v) is 5.36. The normalized spacial score (nSPS) is 22.4. The van der Waals surface area contributed by atoms with E-state index in [1.54, 1.807) is 4.90 Å². The van der Waals surface area contributed by atoms with Gasteiger partial charge in [-0.2, -0.15) is 0 Å². The average Bonchev–Trinajstić information content (AvgIpc) is 3.04. The van der Waals surface area contributed by atoms with E-state index in [-0.39, 0.29) is 17.9 Å². The molecule has 112 valence electrons. The Hall–Kier alpha value is -2.02. The van der Waals surface area contributed by atoms with Crippen LogP contribution in [0.2, 0.25) is 0 Å². The van der Waals surface area contributed by atoms with Crippen LogP contribution in [-0.2, 0) is 4.79 Å². The zero-order valence-electron chi connectivity index (χ0n) is 11.9.